The minimum atomic E-state index is -0.154. The largest absolute Gasteiger partial charge is 0.324 e. The second-order valence-electron chi connectivity index (χ2n) is 8.12. The van der Waals surface area contributed by atoms with Crippen molar-refractivity contribution < 1.29 is 4.79 Å². The third-order valence-electron chi connectivity index (χ3n) is 5.58. The van der Waals surface area contributed by atoms with E-state index >= 15 is 0 Å². The lowest BCUT2D eigenvalue weighted by Gasteiger charge is -2.09. The van der Waals surface area contributed by atoms with Gasteiger partial charge in [0.15, 0.2) is 5.65 Å². The average molecular weight is 437 g/mol. The van der Waals surface area contributed by atoms with Crippen LogP contribution < -0.4 is 5.32 Å². The van der Waals surface area contributed by atoms with E-state index in [4.69, 9.17) is 0 Å². The molecule has 0 bridgehead atoms. The van der Waals surface area contributed by atoms with Gasteiger partial charge in [-0.3, -0.25) is 9.48 Å². The Bertz CT molecular complexity index is 1420. The lowest BCUT2D eigenvalue weighted by Crippen LogP contribution is -2.20. The van der Waals surface area contributed by atoms with Crippen LogP contribution in [0, 0.1) is 13.8 Å². The van der Waals surface area contributed by atoms with Crippen molar-refractivity contribution in [2.75, 3.05) is 5.32 Å². The minimum absolute atomic E-state index is 0.0814. The van der Waals surface area contributed by atoms with Gasteiger partial charge in [0.25, 0.3) is 0 Å². The number of aryl methyl sites for hydroxylation is 2. The van der Waals surface area contributed by atoms with Gasteiger partial charge in [0, 0.05) is 29.7 Å². The predicted octanol–water partition coefficient (Wildman–Crippen LogP) is 4.60. The van der Waals surface area contributed by atoms with E-state index in [0.717, 1.165) is 33.5 Å². The number of carbonyl (C=O) groups excluding carboxylic acids is 1. The molecule has 1 N–H and O–H groups in total. The summed E-state index contributed by atoms with van der Waals surface area (Å²) < 4.78 is 3.52. The molecule has 5 rings (SSSR count). The summed E-state index contributed by atoms with van der Waals surface area (Å²) in [6.07, 6.45) is 5.43. The number of nitrogens with zero attached hydrogens (tertiary/aromatic N) is 5. The summed E-state index contributed by atoms with van der Waals surface area (Å²) in [6, 6.07) is 20.1. The molecule has 0 atom stereocenters. The SMILES string of the molecule is Cc1ccc(-c2ccnc3c2c(C)nn3CC(=O)Nc2cccc(Cn3cccn3)c2)cc1. The zero-order valence-corrected chi connectivity index (χ0v) is 18.6. The van der Waals surface area contributed by atoms with Crippen molar-refractivity contribution in [1.82, 2.24) is 24.5 Å². The Labute approximate surface area is 191 Å². The van der Waals surface area contributed by atoms with Crippen LogP contribution in [-0.2, 0) is 17.9 Å². The van der Waals surface area contributed by atoms with Crippen molar-refractivity contribution in [1.29, 1.82) is 0 Å². The molecule has 3 aromatic heterocycles. The van der Waals surface area contributed by atoms with Gasteiger partial charge in [-0.15, -0.1) is 0 Å². The van der Waals surface area contributed by atoms with Gasteiger partial charge in [0.05, 0.1) is 12.2 Å². The standard InChI is InChI=1S/C26H24N6O/c1-18-7-9-21(10-8-18)23-11-13-27-26-25(23)19(2)30-32(26)17-24(33)29-22-6-3-5-20(15-22)16-31-14-4-12-28-31/h3-15H,16-17H2,1-2H3,(H,29,33). The second kappa shape index (κ2) is 8.70. The number of carbonyl (C=O) groups is 1. The highest BCUT2D eigenvalue weighted by atomic mass is 16.2. The number of hydrogen-bond donors (Lipinski definition) is 1. The van der Waals surface area contributed by atoms with Gasteiger partial charge in [-0.25, -0.2) is 9.67 Å². The van der Waals surface area contributed by atoms with Crippen molar-refractivity contribution in [3.05, 3.63) is 96.1 Å². The summed E-state index contributed by atoms with van der Waals surface area (Å²) in [5.74, 6) is -0.154. The minimum Gasteiger partial charge on any atom is -0.324 e. The normalized spacial score (nSPS) is 11.1. The van der Waals surface area contributed by atoms with Gasteiger partial charge < -0.3 is 5.32 Å². The Kier molecular flexibility index (Phi) is 5.44. The van der Waals surface area contributed by atoms with Crippen LogP contribution in [0.15, 0.2) is 79.3 Å². The molecule has 0 fully saturated rings. The predicted molar refractivity (Wildman–Crippen MR) is 129 cm³/mol. The van der Waals surface area contributed by atoms with Gasteiger partial charge in [-0.1, -0.05) is 42.0 Å². The summed E-state index contributed by atoms with van der Waals surface area (Å²) in [4.78, 5) is 17.4. The highest BCUT2D eigenvalue weighted by Gasteiger charge is 2.16. The van der Waals surface area contributed by atoms with Crippen LogP contribution >= 0.6 is 0 Å². The Morgan fingerprint density at radius 3 is 2.64 bits per heavy atom. The topological polar surface area (TPSA) is 77.6 Å². The summed E-state index contributed by atoms with van der Waals surface area (Å²) in [5.41, 5.74) is 6.73. The maximum atomic E-state index is 12.8. The highest BCUT2D eigenvalue weighted by molar-refractivity contribution is 5.96. The smallest absolute Gasteiger partial charge is 0.246 e. The monoisotopic (exact) mass is 436 g/mol. The second-order valence-corrected chi connectivity index (χ2v) is 8.12. The molecule has 164 valence electrons. The first-order chi connectivity index (χ1) is 16.1. The van der Waals surface area contributed by atoms with Crippen molar-refractivity contribution in [2.45, 2.75) is 26.9 Å². The number of nitrogens with one attached hydrogen (secondary N) is 1. The lowest BCUT2D eigenvalue weighted by molar-refractivity contribution is -0.116. The Hall–Kier alpha value is -4.26. The van der Waals surface area contributed by atoms with Crippen LogP contribution in [0.4, 0.5) is 5.69 Å². The van der Waals surface area contributed by atoms with Crippen LogP contribution in [0.1, 0.15) is 16.8 Å². The molecular weight excluding hydrogens is 412 g/mol. The summed E-state index contributed by atoms with van der Waals surface area (Å²) in [5, 5.41) is 12.8. The quantitative estimate of drug-likeness (QED) is 0.422. The maximum Gasteiger partial charge on any atom is 0.246 e. The van der Waals surface area contributed by atoms with E-state index in [0.29, 0.717) is 12.2 Å². The number of hydrogen-bond acceptors (Lipinski definition) is 4. The Balaban J connectivity index is 1.37. The Morgan fingerprint density at radius 1 is 1.00 bits per heavy atom. The van der Waals surface area contributed by atoms with E-state index in [1.165, 1.54) is 5.56 Å². The van der Waals surface area contributed by atoms with Gasteiger partial charge >= 0.3 is 0 Å². The first kappa shape index (κ1) is 20.6. The third kappa shape index (κ3) is 4.39. The molecule has 0 saturated carbocycles. The van der Waals surface area contributed by atoms with E-state index in [2.05, 4.69) is 51.7 Å². The molecule has 33 heavy (non-hydrogen) atoms. The molecule has 0 saturated heterocycles. The molecule has 0 aliphatic rings. The number of fused-ring (bicyclic) bond motifs is 1. The Morgan fingerprint density at radius 2 is 1.85 bits per heavy atom. The number of benzene rings is 2. The number of amides is 1. The van der Waals surface area contributed by atoms with E-state index in [1.54, 1.807) is 17.1 Å². The lowest BCUT2D eigenvalue weighted by atomic mass is 10.0. The molecule has 3 heterocycles. The highest BCUT2D eigenvalue weighted by Crippen LogP contribution is 2.30. The molecule has 0 radical (unpaired) electrons. The van der Waals surface area contributed by atoms with Crippen LogP contribution in [0.5, 0.6) is 0 Å². The summed E-state index contributed by atoms with van der Waals surface area (Å²) in [6.45, 7) is 4.75. The first-order valence-electron chi connectivity index (χ1n) is 10.8. The molecule has 2 aromatic carbocycles. The van der Waals surface area contributed by atoms with Gasteiger partial charge in [0.1, 0.15) is 6.54 Å². The van der Waals surface area contributed by atoms with Crippen molar-refractivity contribution in [3.8, 4) is 11.1 Å². The van der Waals surface area contributed by atoms with Gasteiger partial charge in [-0.2, -0.15) is 10.2 Å². The number of rotatable bonds is 6. The molecule has 5 aromatic rings. The maximum absolute atomic E-state index is 12.8. The fraction of sp³-hybridized carbons (Fsp3) is 0.154. The average Bonchev–Trinajstić information content (AvgIpc) is 3.42. The fourth-order valence-electron chi connectivity index (χ4n) is 4.03. The first-order valence-corrected chi connectivity index (χ1v) is 10.8. The van der Waals surface area contributed by atoms with E-state index in [-0.39, 0.29) is 12.5 Å². The molecule has 0 aliphatic heterocycles. The molecular formula is C26H24N6O. The molecule has 0 spiro atoms. The van der Waals surface area contributed by atoms with Crippen LogP contribution in [0.2, 0.25) is 0 Å². The van der Waals surface area contributed by atoms with E-state index < -0.39 is 0 Å². The summed E-state index contributed by atoms with van der Waals surface area (Å²) in [7, 11) is 0. The molecule has 7 heteroatoms. The van der Waals surface area contributed by atoms with Crippen molar-refractivity contribution in [2.24, 2.45) is 0 Å². The third-order valence-corrected chi connectivity index (χ3v) is 5.58. The summed E-state index contributed by atoms with van der Waals surface area (Å²) >= 11 is 0. The van der Waals surface area contributed by atoms with Crippen LogP contribution in [0.25, 0.3) is 22.2 Å². The fourth-order valence-corrected chi connectivity index (χ4v) is 4.03. The number of anilines is 1. The zero-order chi connectivity index (χ0) is 22.8. The van der Waals surface area contributed by atoms with Gasteiger partial charge in [-0.05, 0) is 54.8 Å². The van der Waals surface area contributed by atoms with Crippen LogP contribution in [0.3, 0.4) is 0 Å². The number of aromatic nitrogens is 5. The van der Waals surface area contributed by atoms with Crippen molar-refractivity contribution in [3.63, 3.8) is 0 Å². The van der Waals surface area contributed by atoms with E-state index in [1.807, 2.05) is 54.2 Å². The molecule has 0 unspecified atom stereocenters. The molecule has 0 aliphatic carbocycles. The van der Waals surface area contributed by atoms with Crippen molar-refractivity contribution >= 4 is 22.6 Å². The van der Waals surface area contributed by atoms with E-state index in [9.17, 15) is 4.79 Å². The molecule has 1 amide bonds. The number of pyridine rings is 1. The van der Waals surface area contributed by atoms with Gasteiger partial charge in [0.2, 0.25) is 5.91 Å². The zero-order valence-electron chi connectivity index (χ0n) is 18.6. The van der Waals surface area contributed by atoms with Crippen LogP contribution in [-0.4, -0.2) is 30.5 Å². The molecule has 7 nitrogen and oxygen atoms in total.